The van der Waals surface area contributed by atoms with Crippen molar-refractivity contribution in [1.29, 1.82) is 0 Å². The van der Waals surface area contributed by atoms with Crippen molar-refractivity contribution in [3.8, 4) is 0 Å². The van der Waals surface area contributed by atoms with E-state index in [9.17, 15) is 0 Å². The molecule has 0 radical (unpaired) electrons. The molecule has 0 aromatic heterocycles. The summed E-state index contributed by atoms with van der Waals surface area (Å²) in [5.41, 5.74) is 0. The highest BCUT2D eigenvalue weighted by Gasteiger charge is 2.21. The predicted octanol–water partition coefficient (Wildman–Crippen LogP) is 0.705. The Balaban J connectivity index is 2.12. The molecule has 1 aliphatic heterocycles. The van der Waals surface area contributed by atoms with Crippen LogP contribution < -0.4 is 5.32 Å². The summed E-state index contributed by atoms with van der Waals surface area (Å²) >= 11 is 0. The van der Waals surface area contributed by atoms with Gasteiger partial charge in [-0.3, -0.25) is 4.90 Å². The van der Waals surface area contributed by atoms with Crippen LogP contribution in [0.1, 0.15) is 20.3 Å². The van der Waals surface area contributed by atoms with Crippen LogP contribution in [-0.4, -0.2) is 50.3 Å². The standard InChI is InChI=1S/C10H22N2O/c1-9(2)11-10-4-5-12(8-10)6-7-13-3/h9-11H,4-8H2,1-3H3. The second kappa shape index (κ2) is 5.58. The molecule has 1 aliphatic rings. The molecule has 0 spiro atoms. The number of hydrogen-bond donors (Lipinski definition) is 1. The summed E-state index contributed by atoms with van der Waals surface area (Å²) in [5, 5.41) is 3.57. The summed E-state index contributed by atoms with van der Waals surface area (Å²) in [4.78, 5) is 2.46. The molecule has 0 amide bonds. The van der Waals surface area contributed by atoms with E-state index in [1.807, 2.05) is 0 Å². The molecular formula is C10H22N2O. The van der Waals surface area contributed by atoms with Crippen molar-refractivity contribution in [2.75, 3.05) is 33.4 Å². The Kier molecular flexibility index (Phi) is 4.70. The second-order valence-corrected chi connectivity index (χ2v) is 4.10. The molecule has 13 heavy (non-hydrogen) atoms. The van der Waals surface area contributed by atoms with E-state index < -0.39 is 0 Å². The highest BCUT2D eigenvalue weighted by Crippen LogP contribution is 2.08. The molecular weight excluding hydrogens is 164 g/mol. The molecule has 0 saturated carbocycles. The molecule has 3 heteroatoms. The zero-order valence-corrected chi connectivity index (χ0v) is 9.05. The minimum atomic E-state index is 0.604. The van der Waals surface area contributed by atoms with Gasteiger partial charge < -0.3 is 10.1 Å². The van der Waals surface area contributed by atoms with Crippen molar-refractivity contribution < 1.29 is 4.74 Å². The Hall–Kier alpha value is -0.120. The molecule has 1 saturated heterocycles. The Morgan fingerprint density at radius 1 is 1.54 bits per heavy atom. The number of likely N-dealkylation sites (tertiary alicyclic amines) is 1. The van der Waals surface area contributed by atoms with E-state index in [2.05, 4.69) is 24.1 Å². The third-order valence-electron chi connectivity index (χ3n) is 2.45. The summed E-state index contributed by atoms with van der Waals surface area (Å²) in [6.45, 7) is 8.74. The summed E-state index contributed by atoms with van der Waals surface area (Å²) in [5.74, 6) is 0. The summed E-state index contributed by atoms with van der Waals surface area (Å²) in [6, 6.07) is 1.30. The zero-order chi connectivity index (χ0) is 9.68. The topological polar surface area (TPSA) is 24.5 Å². The maximum absolute atomic E-state index is 5.06. The fourth-order valence-corrected chi connectivity index (χ4v) is 1.86. The number of methoxy groups -OCH3 is 1. The van der Waals surface area contributed by atoms with Crippen molar-refractivity contribution in [2.24, 2.45) is 0 Å². The van der Waals surface area contributed by atoms with Crippen LogP contribution in [0.5, 0.6) is 0 Å². The van der Waals surface area contributed by atoms with E-state index in [-0.39, 0.29) is 0 Å². The summed E-state index contributed by atoms with van der Waals surface area (Å²) < 4.78 is 5.06. The molecule has 1 atom stereocenters. The van der Waals surface area contributed by atoms with Crippen LogP contribution in [0.3, 0.4) is 0 Å². The van der Waals surface area contributed by atoms with Crippen LogP contribution in [0.2, 0.25) is 0 Å². The number of nitrogens with zero attached hydrogens (tertiary/aromatic N) is 1. The van der Waals surface area contributed by atoms with Crippen molar-refractivity contribution >= 4 is 0 Å². The lowest BCUT2D eigenvalue weighted by atomic mass is 10.2. The van der Waals surface area contributed by atoms with Gasteiger partial charge in [0.05, 0.1) is 6.61 Å². The largest absolute Gasteiger partial charge is 0.383 e. The monoisotopic (exact) mass is 186 g/mol. The fourth-order valence-electron chi connectivity index (χ4n) is 1.86. The SMILES string of the molecule is COCCN1CCC(NC(C)C)C1. The van der Waals surface area contributed by atoms with Crippen LogP contribution in [0.25, 0.3) is 0 Å². The zero-order valence-electron chi connectivity index (χ0n) is 9.05. The van der Waals surface area contributed by atoms with Gasteiger partial charge in [0.15, 0.2) is 0 Å². The van der Waals surface area contributed by atoms with E-state index in [1.165, 1.54) is 19.5 Å². The average Bonchev–Trinajstić information content (AvgIpc) is 2.48. The van der Waals surface area contributed by atoms with Gasteiger partial charge in [-0.1, -0.05) is 13.8 Å². The van der Waals surface area contributed by atoms with Gasteiger partial charge in [-0.25, -0.2) is 0 Å². The van der Waals surface area contributed by atoms with Crippen LogP contribution in [0, 0.1) is 0 Å². The summed E-state index contributed by atoms with van der Waals surface area (Å²) in [6.07, 6.45) is 1.28. The van der Waals surface area contributed by atoms with Gasteiger partial charge in [-0.05, 0) is 13.0 Å². The number of ether oxygens (including phenoxy) is 1. The number of nitrogens with one attached hydrogen (secondary N) is 1. The van der Waals surface area contributed by atoms with Crippen molar-refractivity contribution in [3.63, 3.8) is 0 Å². The molecule has 1 heterocycles. The van der Waals surface area contributed by atoms with Crippen LogP contribution in [0.4, 0.5) is 0 Å². The Labute approximate surface area is 81.4 Å². The first-order chi connectivity index (χ1) is 6.22. The quantitative estimate of drug-likeness (QED) is 0.684. The second-order valence-electron chi connectivity index (χ2n) is 4.10. The molecule has 3 nitrogen and oxygen atoms in total. The van der Waals surface area contributed by atoms with Gasteiger partial charge in [-0.15, -0.1) is 0 Å². The number of hydrogen-bond acceptors (Lipinski definition) is 3. The molecule has 0 aliphatic carbocycles. The van der Waals surface area contributed by atoms with E-state index in [0.29, 0.717) is 12.1 Å². The molecule has 78 valence electrons. The highest BCUT2D eigenvalue weighted by atomic mass is 16.5. The van der Waals surface area contributed by atoms with Crippen LogP contribution in [0.15, 0.2) is 0 Å². The van der Waals surface area contributed by atoms with Gasteiger partial charge in [0.2, 0.25) is 0 Å². The predicted molar refractivity (Wildman–Crippen MR) is 55.0 cm³/mol. The Bertz CT molecular complexity index is 139. The minimum Gasteiger partial charge on any atom is -0.383 e. The van der Waals surface area contributed by atoms with E-state index in [1.54, 1.807) is 7.11 Å². The van der Waals surface area contributed by atoms with Crippen LogP contribution in [-0.2, 0) is 4.74 Å². The van der Waals surface area contributed by atoms with E-state index in [0.717, 1.165) is 13.2 Å². The van der Waals surface area contributed by atoms with Crippen molar-refractivity contribution in [1.82, 2.24) is 10.2 Å². The smallest absolute Gasteiger partial charge is 0.0589 e. The molecule has 0 bridgehead atoms. The van der Waals surface area contributed by atoms with E-state index in [4.69, 9.17) is 4.74 Å². The van der Waals surface area contributed by atoms with Gasteiger partial charge in [0.1, 0.15) is 0 Å². The van der Waals surface area contributed by atoms with Crippen molar-refractivity contribution in [3.05, 3.63) is 0 Å². The van der Waals surface area contributed by atoms with Crippen LogP contribution >= 0.6 is 0 Å². The lowest BCUT2D eigenvalue weighted by Crippen LogP contribution is -2.37. The first kappa shape index (κ1) is 11.0. The Morgan fingerprint density at radius 3 is 2.92 bits per heavy atom. The molecule has 1 N–H and O–H groups in total. The molecule has 1 fully saturated rings. The third kappa shape index (κ3) is 4.07. The van der Waals surface area contributed by atoms with Crippen molar-refractivity contribution in [2.45, 2.75) is 32.4 Å². The first-order valence-corrected chi connectivity index (χ1v) is 5.19. The maximum atomic E-state index is 5.06. The maximum Gasteiger partial charge on any atom is 0.0589 e. The third-order valence-corrected chi connectivity index (χ3v) is 2.45. The van der Waals surface area contributed by atoms with Gasteiger partial charge in [-0.2, -0.15) is 0 Å². The fraction of sp³-hybridized carbons (Fsp3) is 1.00. The molecule has 0 aromatic rings. The van der Waals surface area contributed by atoms with Gasteiger partial charge in [0.25, 0.3) is 0 Å². The van der Waals surface area contributed by atoms with Gasteiger partial charge >= 0.3 is 0 Å². The average molecular weight is 186 g/mol. The molecule has 1 unspecified atom stereocenters. The van der Waals surface area contributed by atoms with E-state index >= 15 is 0 Å². The normalized spacial score (nSPS) is 24.5. The van der Waals surface area contributed by atoms with Gasteiger partial charge in [0, 0.05) is 32.3 Å². The molecule has 1 rings (SSSR count). The lowest BCUT2D eigenvalue weighted by Gasteiger charge is -2.17. The lowest BCUT2D eigenvalue weighted by molar-refractivity contribution is 0.159. The number of rotatable bonds is 5. The highest BCUT2D eigenvalue weighted by molar-refractivity contribution is 4.81. The minimum absolute atomic E-state index is 0.604. The Morgan fingerprint density at radius 2 is 2.31 bits per heavy atom. The summed E-state index contributed by atoms with van der Waals surface area (Å²) in [7, 11) is 1.76. The first-order valence-electron chi connectivity index (χ1n) is 5.19. The molecule has 0 aromatic carbocycles.